The average molecular weight is 429 g/mol. The van der Waals surface area contributed by atoms with E-state index < -0.39 is 0 Å². The van der Waals surface area contributed by atoms with Crippen LogP contribution in [0.25, 0.3) is 10.1 Å². The van der Waals surface area contributed by atoms with Gasteiger partial charge in [-0.05, 0) is 43.7 Å². The highest BCUT2D eigenvalue weighted by Crippen LogP contribution is 2.38. The van der Waals surface area contributed by atoms with E-state index in [1.807, 2.05) is 29.6 Å². The van der Waals surface area contributed by atoms with Crippen molar-refractivity contribution in [2.75, 3.05) is 25.6 Å². The third kappa shape index (κ3) is 4.22. The predicted molar refractivity (Wildman–Crippen MR) is 120 cm³/mol. The molecule has 2 amide bonds. The van der Waals surface area contributed by atoms with Crippen LogP contribution < -0.4 is 10.6 Å². The van der Waals surface area contributed by atoms with Gasteiger partial charge in [0.25, 0.3) is 11.8 Å². The fraction of sp³-hybridized carbons (Fsp3) is 0.364. The minimum absolute atomic E-state index is 0.106. The Morgan fingerprint density at radius 1 is 1.14 bits per heavy atom. The van der Waals surface area contributed by atoms with E-state index in [2.05, 4.69) is 10.6 Å². The molecule has 2 heterocycles. The van der Waals surface area contributed by atoms with Crippen LogP contribution in [0.2, 0.25) is 0 Å². The van der Waals surface area contributed by atoms with Crippen LogP contribution in [0.15, 0.2) is 29.6 Å². The molecule has 0 unspecified atom stereocenters. The second-order valence-electron chi connectivity index (χ2n) is 7.12. The quantitative estimate of drug-likeness (QED) is 0.528. The number of fused-ring (bicyclic) bond motifs is 2. The molecule has 3 aromatic rings. The summed E-state index contributed by atoms with van der Waals surface area (Å²) in [5, 5.41) is 9.53. The zero-order valence-electron chi connectivity index (χ0n) is 16.4. The van der Waals surface area contributed by atoms with Gasteiger partial charge in [-0.25, -0.2) is 0 Å². The smallest absolute Gasteiger partial charge is 0.257 e. The Bertz CT molecular complexity index is 1040. The van der Waals surface area contributed by atoms with Crippen molar-refractivity contribution in [2.45, 2.75) is 32.1 Å². The van der Waals surface area contributed by atoms with E-state index in [4.69, 9.17) is 4.74 Å². The number of nitrogens with one attached hydrogen (secondary N) is 2. The maximum absolute atomic E-state index is 13.0. The maximum atomic E-state index is 13.0. The summed E-state index contributed by atoms with van der Waals surface area (Å²) in [5.41, 5.74) is 2.41. The number of anilines is 1. The molecule has 29 heavy (non-hydrogen) atoms. The van der Waals surface area contributed by atoms with Crippen molar-refractivity contribution in [3.63, 3.8) is 0 Å². The summed E-state index contributed by atoms with van der Waals surface area (Å²) in [7, 11) is 1.65. The summed E-state index contributed by atoms with van der Waals surface area (Å²) in [6, 6.07) is 7.89. The van der Waals surface area contributed by atoms with E-state index in [9.17, 15) is 9.59 Å². The summed E-state index contributed by atoms with van der Waals surface area (Å²) in [5.74, 6) is -0.263. The number of benzene rings is 1. The van der Waals surface area contributed by atoms with E-state index in [1.54, 1.807) is 29.8 Å². The molecule has 0 aliphatic heterocycles. The Balaban J connectivity index is 1.60. The molecule has 2 aromatic heterocycles. The van der Waals surface area contributed by atoms with Crippen molar-refractivity contribution >= 4 is 49.6 Å². The molecule has 1 aromatic carbocycles. The first-order chi connectivity index (χ1) is 14.2. The van der Waals surface area contributed by atoms with Gasteiger partial charge in [-0.2, -0.15) is 0 Å². The fourth-order valence-electron chi connectivity index (χ4n) is 3.73. The highest BCUT2D eigenvalue weighted by molar-refractivity contribution is 7.18. The number of carbonyl (C=O) groups is 2. The van der Waals surface area contributed by atoms with Gasteiger partial charge in [-0.3, -0.25) is 9.59 Å². The van der Waals surface area contributed by atoms with Gasteiger partial charge < -0.3 is 15.4 Å². The Hall–Kier alpha value is -2.22. The number of amides is 2. The Morgan fingerprint density at radius 3 is 2.83 bits per heavy atom. The summed E-state index contributed by atoms with van der Waals surface area (Å²) in [6.07, 6.45) is 4.84. The van der Waals surface area contributed by atoms with Crippen molar-refractivity contribution in [3.05, 3.63) is 51.2 Å². The van der Waals surface area contributed by atoms with Crippen LogP contribution in [-0.4, -0.2) is 32.1 Å². The molecule has 5 nitrogen and oxygen atoms in total. The molecule has 4 rings (SSSR count). The number of rotatable bonds is 7. The van der Waals surface area contributed by atoms with Gasteiger partial charge >= 0.3 is 0 Å². The van der Waals surface area contributed by atoms with E-state index in [0.717, 1.165) is 47.8 Å². The number of hydrogen-bond donors (Lipinski definition) is 2. The molecule has 0 atom stereocenters. The number of ether oxygens (including phenoxy) is 1. The number of thiophene rings is 2. The van der Waals surface area contributed by atoms with Gasteiger partial charge in [-0.1, -0.05) is 18.2 Å². The van der Waals surface area contributed by atoms with Gasteiger partial charge in [0.15, 0.2) is 0 Å². The van der Waals surface area contributed by atoms with Gasteiger partial charge in [0, 0.05) is 40.6 Å². The molecule has 0 saturated heterocycles. The van der Waals surface area contributed by atoms with Crippen molar-refractivity contribution in [3.8, 4) is 0 Å². The minimum atomic E-state index is -0.158. The van der Waals surface area contributed by atoms with Crippen molar-refractivity contribution in [2.24, 2.45) is 0 Å². The molecule has 1 aliphatic carbocycles. The molecule has 0 fully saturated rings. The zero-order valence-corrected chi connectivity index (χ0v) is 18.0. The Labute approximate surface area is 178 Å². The number of methoxy groups -OCH3 is 1. The van der Waals surface area contributed by atoms with E-state index in [0.29, 0.717) is 29.3 Å². The van der Waals surface area contributed by atoms with Crippen LogP contribution in [0.4, 0.5) is 5.00 Å². The summed E-state index contributed by atoms with van der Waals surface area (Å²) >= 11 is 3.11. The standard InChI is InChI=1S/C22H24N2O3S2/c1-27-12-6-11-23-21(26)19-15-8-3-5-10-18(15)29-22(19)24-20(25)16-13-28-17-9-4-2-7-14(16)17/h2,4,7,9,13H,3,5-6,8,10-12H2,1H3,(H,23,26)(H,24,25). The lowest BCUT2D eigenvalue weighted by atomic mass is 9.95. The third-order valence-corrected chi connectivity index (χ3v) is 7.33. The molecular formula is C22H24N2O3S2. The second-order valence-corrected chi connectivity index (χ2v) is 9.13. The van der Waals surface area contributed by atoms with Crippen molar-refractivity contribution in [1.82, 2.24) is 5.32 Å². The predicted octanol–water partition coefficient (Wildman–Crippen LogP) is 4.86. The topological polar surface area (TPSA) is 67.4 Å². The van der Waals surface area contributed by atoms with Gasteiger partial charge in [-0.15, -0.1) is 22.7 Å². The van der Waals surface area contributed by atoms with Crippen LogP contribution in [0.3, 0.4) is 0 Å². The fourth-order valence-corrected chi connectivity index (χ4v) is 5.95. The van der Waals surface area contributed by atoms with Crippen LogP contribution in [0, 0.1) is 0 Å². The number of carbonyl (C=O) groups excluding carboxylic acids is 2. The van der Waals surface area contributed by atoms with Crippen LogP contribution in [-0.2, 0) is 17.6 Å². The molecular weight excluding hydrogens is 404 g/mol. The first-order valence-corrected chi connectivity index (χ1v) is 11.6. The lowest BCUT2D eigenvalue weighted by molar-refractivity contribution is 0.0948. The SMILES string of the molecule is COCCCNC(=O)c1c(NC(=O)c2csc3ccccc23)sc2c1CCCC2. The molecule has 7 heteroatoms. The van der Waals surface area contributed by atoms with Crippen LogP contribution in [0.5, 0.6) is 0 Å². The third-order valence-electron chi connectivity index (χ3n) is 5.16. The van der Waals surface area contributed by atoms with E-state index in [-0.39, 0.29) is 11.8 Å². The lowest BCUT2D eigenvalue weighted by Gasteiger charge is -2.13. The zero-order chi connectivity index (χ0) is 20.2. The number of hydrogen-bond acceptors (Lipinski definition) is 5. The van der Waals surface area contributed by atoms with Crippen molar-refractivity contribution < 1.29 is 14.3 Å². The first-order valence-electron chi connectivity index (χ1n) is 9.88. The van der Waals surface area contributed by atoms with E-state index in [1.165, 1.54) is 4.88 Å². The van der Waals surface area contributed by atoms with Gasteiger partial charge in [0.1, 0.15) is 5.00 Å². The Kier molecular flexibility index (Phi) is 6.28. The minimum Gasteiger partial charge on any atom is -0.385 e. The maximum Gasteiger partial charge on any atom is 0.257 e. The molecule has 152 valence electrons. The molecule has 0 saturated carbocycles. The van der Waals surface area contributed by atoms with Gasteiger partial charge in [0.05, 0.1) is 11.1 Å². The summed E-state index contributed by atoms with van der Waals surface area (Å²) in [4.78, 5) is 27.2. The first kappa shape index (κ1) is 20.1. The normalized spacial score (nSPS) is 13.3. The largest absolute Gasteiger partial charge is 0.385 e. The lowest BCUT2D eigenvalue weighted by Crippen LogP contribution is -2.27. The average Bonchev–Trinajstić information content (AvgIpc) is 3.32. The molecule has 2 N–H and O–H groups in total. The van der Waals surface area contributed by atoms with Crippen LogP contribution >= 0.6 is 22.7 Å². The molecule has 0 spiro atoms. The summed E-state index contributed by atoms with van der Waals surface area (Å²) in [6.45, 7) is 1.16. The molecule has 1 aliphatic rings. The Morgan fingerprint density at radius 2 is 1.97 bits per heavy atom. The molecule has 0 bridgehead atoms. The molecule has 0 radical (unpaired) electrons. The highest BCUT2D eigenvalue weighted by Gasteiger charge is 2.26. The van der Waals surface area contributed by atoms with E-state index >= 15 is 0 Å². The monoisotopic (exact) mass is 428 g/mol. The highest BCUT2D eigenvalue weighted by atomic mass is 32.1. The summed E-state index contributed by atoms with van der Waals surface area (Å²) < 4.78 is 6.14. The van der Waals surface area contributed by atoms with Crippen molar-refractivity contribution in [1.29, 1.82) is 0 Å². The second kappa shape index (κ2) is 9.07. The number of aryl methyl sites for hydroxylation is 1. The van der Waals surface area contributed by atoms with Gasteiger partial charge in [0.2, 0.25) is 0 Å². The van der Waals surface area contributed by atoms with Crippen LogP contribution in [0.1, 0.15) is 50.4 Å².